The topological polar surface area (TPSA) is 17.1 Å². The number of hydrogen-bond donors (Lipinski definition) is 0. The van der Waals surface area contributed by atoms with Crippen molar-refractivity contribution in [3.05, 3.63) is 22.4 Å². The average Bonchev–Trinajstić information content (AvgIpc) is 3.01. The van der Waals surface area contributed by atoms with E-state index in [2.05, 4.69) is 16.8 Å². The summed E-state index contributed by atoms with van der Waals surface area (Å²) in [5, 5.41) is 4.26. The van der Waals surface area contributed by atoms with E-state index in [-0.39, 0.29) is 0 Å². The number of aryl methyl sites for hydroxylation is 1. The van der Waals surface area contributed by atoms with Crippen LogP contribution in [0.2, 0.25) is 0 Å². The lowest BCUT2D eigenvalue weighted by Crippen LogP contribution is -2.21. The zero-order chi connectivity index (χ0) is 11.0. The van der Waals surface area contributed by atoms with Gasteiger partial charge in [0.1, 0.15) is 5.78 Å². The van der Waals surface area contributed by atoms with E-state index in [1.807, 2.05) is 0 Å². The number of hydrogen-bond acceptors (Lipinski definition) is 2. The molecule has 2 aliphatic rings. The Morgan fingerprint density at radius 2 is 2.31 bits per heavy atom. The molecule has 86 valence electrons. The second-order valence-electron chi connectivity index (χ2n) is 5.38. The van der Waals surface area contributed by atoms with E-state index in [9.17, 15) is 4.79 Å². The van der Waals surface area contributed by atoms with Gasteiger partial charge in [0.25, 0.3) is 0 Å². The Hall–Kier alpha value is -0.630. The van der Waals surface area contributed by atoms with Gasteiger partial charge < -0.3 is 0 Å². The van der Waals surface area contributed by atoms with Gasteiger partial charge in [0.05, 0.1) is 0 Å². The molecule has 1 heterocycles. The maximum absolute atomic E-state index is 12.1. The van der Waals surface area contributed by atoms with Gasteiger partial charge in [-0.1, -0.05) is 6.42 Å². The summed E-state index contributed by atoms with van der Waals surface area (Å²) in [6.07, 6.45) is 6.97. The summed E-state index contributed by atoms with van der Waals surface area (Å²) < 4.78 is 0. The molecule has 2 fully saturated rings. The highest BCUT2D eigenvalue weighted by atomic mass is 32.1. The maximum Gasteiger partial charge on any atom is 0.136 e. The molecule has 0 N–H and O–H groups in total. The predicted molar refractivity (Wildman–Crippen MR) is 66.6 cm³/mol. The fraction of sp³-hybridized carbons (Fsp3) is 0.643. The molecule has 0 aliphatic heterocycles. The normalized spacial score (nSPS) is 32.1. The summed E-state index contributed by atoms with van der Waals surface area (Å²) in [6.45, 7) is 0. The highest BCUT2D eigenvalue weighted by molar-refractivity contribution is 7.07. The van der Waals surface area contributed by atoms with E-state index in [0.717, 1.165) is 24.7 Å². The van der Waals surface area contributed by atoms with Crippen molar-refractivity contribution in [3.63, 3.8) is 0 Å². The van der Waals surface area contributed by atoms with Gasteiger partial charge in [0.15, 0.2) is 0 Å². The van der Waals surface area contributed by atoms with Gasteiger partial charge in [0.2, 0.25) is 0 Å². The molecule has 16 heavy (non-hydrogen) atoms. The molecule has 2 saturated carbocycles. The zero-order valence-corrected chi connectivity index (χ0v) is 10.3. The summed E-state index contributed by atoms with van der Waals surface area (Å²) >= 11 is 1.72. The monoisotopic (exact) mass is 234 g/mol. The lowest BCUT2D eigenvalue weighted by atomic mass is 9.84. The van der Waals surface area contributed by atoms with Crippen molar-refractivity contribution >= 4 is 17.1 Å². The molecule has 1 nitrogen and oxygen atoms in total. The molecule has 1 aromatic rings. The van der Waals surface area contributed by atoms with Crippen molar-refractivity contribution in [1.29, 1.82) is 0 Å². The van der Waals surface area contributed by atoms with E-state index in [1.54, 1.807) is 11.3 Å². The molecule has 3 unspecified atom stereocenters. The lowest BCUT2D eigenvalue weighted by molar-refractivity contribution is -0.124. The zero-order valence-electron chi connectivity index (χ0n) is 9.52. The fourth-order valence-corrected chi connectivity index (χ4v) is 4.23. The SMILES string of the molecule is O=C(CCc1ccsc1)C1CC2CCC1C2. The molecular formula is C14H18OS. The number of Topliss-reactive ketones (excluding diaryl/α,β-unsaturated/α-hetero) is 1. The van der Waals surface area contributed by atoms with Gasteiger partial charge in [-0.3, -0.25) is 4.79 Å². The largest absolute Gasteiger partial charge is 0.299 e. The minimum atomic E-state index is 0.428. The molecular weight excluding hydrogens is 216 g/mol. The van der Waals surface area contributed by atoms with Crippen molar-refractivity contribution < 1.29 is 4.79 Å². The first kappa shape index (κ1) is 10.5. The van der Waals surface area contributed by atoms with Gasteiger partial charge in [-0.15, -0.1) is 0 Å². The van der Waals surface area contributed by atoms with Gasteiger partial charge in [-0.05, 0) is 59.9 Å². The summed E-state index contributed by atoms with van der Waals surface area (Å²) in [7, 11) is 0. The summed E-state index contributed by atoms with van der Waals surface area (Å²) in [5.74, 6) is 2.61. The first-order valence-electron chi connectivity index (χ1n) is 6.36. The second kappa shape index (κ2) is 4.33. The molecule has 3 atom stereocenters. The smallest absolute Gasteiger partial charge is 0.136 e. The van der Waals surface area contributed by atoms with Gasteiger partial charge in [-0.2, -0.15) is 11.3 Å². The summed E-state index contributed by atoms with van der Waals surface area (Å²) in [5.41, 5.74) is 1.33. The Bertz CT molecular complexity index is 368. The van der Waals surface area contributed by atoms with Crippen LogP contribution >= 0.6 is 11.3 Å². The van der Waals surface area contributed by atoms with Crippen LogP contribution in [-0.2, 0) is 11.2 Å². The van der Waals surface area contributed by atoms with Crippen molar-refractivity contribution in [2.75, 3.05) is 0 Å². The Balaban J connectivity index is 1.54. The number of ketones is 1. The molecule has 0 radical (unpaired) electrons. The quantitative estimate of drug-likeness (QED) is 0.776. The number of carbonyl (C=O) groups excluding carboxylic acids is 1. The Morgan fingerprint density at radius 1 is 1.38 bits per heavy atom. The third-order valence-electron chi connectivity index (χ3n) is 4.39. The third kappa shape index (κ3) is 1.95. The third-order valence-corrected chi connectivity index (χ3v) is 5.12. The standard InChI is InChI=1S/C14H18OS/c15-14(4-2-10-5-6-16-9-10)13-8-11-1-3-12(13)7-11/h5-6,9,11-13H,1-4,7-8H2. The second-order valence-corrected chi connectivity index (χ2v) is 6.16. The number of fused-ring (bicyclic) bond motifs is 2. The van der Waals surface area contributed by atoms with Gasteiger partial charge in [-0.25, -0.2) is 0 Å². The molecule has 0 spiro atoms. The minimum absolute atomic E-state index is 0.428. The van der Waals surface area contributed by atoms with Crippen LogP contribution in [0.15, 0.2) is 16.8 Å². The number of rotatable bonds is 4. The lowest BCUT2D eigenvalue weighted by Gasteiger charge is -2.20. The Labute approximate surface area is 101 Å². The summed E-state index contributed by atoms with van der Waals surface area (Å²) in [6, 6.07) is 2.14. The van der Waals surface area contributed by atoms with Crippen LogP contribution in [0.5, 0.6) is 0 Å². The van der Waals surface area contributed by atoms with Crippen LogP contribution in [0.3, 0.4) is 0 Å². The van der Waals surface area contributed by atoms with Crippen LogP contribution in [-0.4, -0.2) is 5.78 Å². The molecule has 2 bridgehead atoms. The van der Waals surface area contributed by atoms with Crippen molar-refractivity contribution in [3.8, 4) is 0 Å². The van der Waals surface area contributed by atoms with Gasteiger partial charge >= 0.3 is 0 Å². The van der Waals surface area contributed by atoms with E-state index < -0.39 is 0 Å². The van der Waals surface area contributed by atoms with Crippen LogP contribution in [0.1, 0.15) is 37.7 Å². The van der Waals surface area contributed by atoms with E-state index >= 15 is 0 Å². The molecule has 0 saturated heterocycles. The van der Waals surface area contributed by atoms with Crippen LogP contribution in [0, 0.1) is 17.8 Å². The van der Waals surface area contributed by atoms with Crippen LogP contribution < -0.4 is 0 Å². The van der Waals surface area contributed by atoms with Crippen molar-refractivity contribution in [2.24, 2.45) is 17.8 Å². The first-order valence-corrected chi connectivity index (χ1v) is 7.31. The molecule has 2 aliphatic carbocycles. The van der Waals surface area contributed by atoms with Gasteiger partial charge in [0, 0.05) is 12.3 Å². The fourth-order valence-electron chi connectivity index (χ4n) is 3.53. The highest BCUT2D eigenvalue weighted by Crippen LogP contribution is 2.48. The molecule has 0 aromatic carbocycles. The van der Waals surface area contributed by atoms with Crippen molar-refractivity contribution in [1.82, 2.24) is 0 Å². The highest BCUT2D eigenvalue weighted by Gasteiger charge is 2.42. The molecule has 2 heteroatoms. The Morgan fingerprint density at radius 3 is 2.94 bits per heavy atom. The summed E-state index contributed by atoms with van der Waals surface area (Å²) in [4.78, 5) is 12.1. The molecule has 3 rings (SSSR count). The van der Waals surface area contributed by atoms with E-state index in [1.165, 1.54) is 31.2 Å². The number of thiophene rings is 1. The molecule has 1 aromatic heterocycles. The first-order chi connectivity index (χ1) is 7.83. The van der Waals surface area contributed by atoms with E-state index in [0.29, 0.717) is 11.7 Å². The average molecular weight is 234 g/mol. The number of carbonyl (C=O) groups is 1. The predicted octanol–water partition coefficient (Wildman–Crippen LogP) is 3.69. The molecule has 0 amide bonds. The Kier molecular flexibility index (Phi) is 2.84. The van der Waals surface area contributed by atoms with Crippen LogP contribution in [0.25, 0.3) is 0 Å². The minimum Gasteiger partial charge on any atom is -0.299 e. The van der Waals surface area contributed by atoms with Crippen molar-refractivity contribution in [2.45, 2.75) is 38.5 Å². The van der Waals surface area contributed by atoms with Crippen LogP contribution in [0.4, 0.5) is 0 Å². The van der Waals surface area contributed by atoms with E-state index in [4.69, 9.17) is 0 Å². The maximum atomic E-state index is 12.1.